The molecule has 2 aromatic rings. The fourth-order valence-electron chi connectivity index (χ4n) is 1.81. The molecule has 100 valence electrons. The van der Waals surface area contributed by atoms with E-state index >= 15 is 0 Å². The zero-order valence-corrected chi connectivity index (χ0v) is 11.6. The number of hydrogen-bond donors (Lipinski definition) is 1. The van der Waals surface area contributed by atoms with E-state index in [4.69, 9.17) is 22.1 Å². The van der Waals surface area contributed by atoms with Gasteiger partial charge in [0.05, 0.1) is 0 Å². The average molecular weight is 280 g/mol. The maximum Gasteiger partial charge on any atom is 0.124 e. The van der Waals surface area contributed by atoms with E-state index in [1.807, 2.05) is 19.9 Å². The highest BCUT2D eigenvalue weighted by Gasteiger charge is 2.07. The van der Waals surface area contributed by atoms with Crippen LogP contribution >= 0.6 is 11.6 Å². The minimum Gasteiger partial charge on any atom is -0.488 e. The van der Waals surface area contributed by atoms with Gasteiger partial charge in [0.2, 0.25) is 0 Å². The molecule has 2 nitrogen and oxygen atoms in total. The molecule has 0 spiro atoms. The Hall–Kier alpha value is -1.74. The summed E-state index contributed by atoms with van der Waals surface area (Å²) in [6, 6.07) is 7.94. The first-order chi connectivity index (χ1) is 8.97. The Morgan fingerprint density at radius 2 is 1.89 bits per heavy atom. The molecule has 0 unspecified atom stereocenters. The SMILES string of the molecule is Cc1cc(C)c(OCc2cc(F)ccc2Cl)cc1N. The molecular weight excluding hydrogens is 265 g/mol. The van der Waals surface area contributed by atoms with Gasteiger partial charge in [-0.2, -0.15) is 0 Å². The van der Waals surface area contributed by atoms with Crippen molar-refractivity contribution < 1.29 is 9.13 Å². The van der Waals surface area contributed by atoms with E-state index in [9.17, 15) is 4.39 Å². The monoisotopic (exact) mass is 279 g/mol. The number of benzene rings is 2. The normalized spacial score (nSPS) is 10.5. The van der Waals surface area contributed by atoms with E-state index in [1.54, 1.807) is 6.07 Å². The molecule has 0 atom stereocenters. The van der Waals surface area contributed by atoms with Gasteiger partial charge in [0.25, 0.3) is 0 Å². The number of nitrogens with two attached hydrogens (primary N) is 1. The van der Waals surface area contributed by atoms with Crippen molar-refractivity contribution in [3.8, 4) is 5.75 Å². The van der Waals surface area contributed by atoms with Gasteiger partial charge in [-0.05, 0) is 43.2 Å². The van der Waals surface area contributed by atoms with Gasteiger partial charge >= 0.3 is 0 Å². The lowest BCUT2D eigenvalue weighted by Gasteiger charge is -2.12. The van der Waals surface area contributed by atoms with Crippen molar-refractivity contribution in [3.63, 3.8) is 0 Å². The van der Waals surface area contributed by atoms with Crippen LogP contribution in [0.3, 0.4) is 0 Å². The number of ether oxygens (including phenoxy) is 1. The van der Waals surface area contributed by atoms with Crippen molar-refractivity contribution >= 4 is 17.3 Å². The van der Waals surface area contributed by atoms with Gasteiger partial charge in [0.15, 0.2) is 0 Å². The second kappa shape index (κ2) is 5.49. The number of hydrogen-bond acceptors (Lipinski definition) is 2. The number of nitrogen functional groups attached to an aromatic ring is 1. The van der Waals surface area contributed by atoms with Gasteiger partial charge in [-0.25, -0.2) is 4.39 Å². The molecule has 0 aliphatic heterocycles. The number of rotatable bonds is 3. The molecule has 19 heavy (non-hydrogen) atoms. The van der Waals surface area contributed by atoms with Crippen LogP contribution < -0.4 is 10.5 Å². The summed E-state index contributed by atoms with van der Waals surface area (Å²) in [5.74, 6) is 0.353. The topological polar surface area (TPSA) is 35.2 Å². The fraction of sp³-hybridized carbons (Fsp3) is 0.200. The van der Waals surface area contributed by atoms with Crippen LogP contribution in [0.5, 0.6) is 5.75 Å². The average Bonchev–Trinajstić information content (AvgIpc) is 2.36. The Balaban J connectivity index is 2.19. The highest BCUT2D eigenvalue weighted by atomic mass is 35.5. The van der Waals surface area contributed by atoms with Gasteiger partial charge in [0, 0.05) is 22.3 Å². The molecule has 0 fully saturated rings. The molecule has 0 aromatic heterocycles. The van der Waals surface area contributed by atoms with E-state index in [2.05, 4.69) is 0 Å². The van der Waals surface area contributed by atoms with Crippen molar-refractivity contribution in [2.45, 2.75) is 20.5 Å². The summed E-state index contributed by atoms with van der Waals surface area (Å²) in [6.45, 7) is 4.09. The molecule has 0 amide bonds. The third kappa shape index (κ3) is 3.18. The predicted octanol–water partition coefficient (Wildman–Crippen LogP) is 4.26. The van der Waals surface area contributed by atoms with Crippen molar-refractivity contribution in [1.82, 2.24) is 0 Å². The first kappa shape index (κ1) is 13.7. The summed E-state index contributed by atoms with van der Waals surface area (Å²) < 4.78 is 18.8. The molecule has 0 saturated heterocycles. The van der Waals surface area contributed by atoms with E-state index in [0.29, 0.717) is 22.0 Å². The van der Waals surface area contributed by atoms with Gasteiger partial charge in [-0.15, -0.1) is 0 Å². The molecule has 0 radical (unpaired) electrons. The van der Waals surface area contributed by atoms with Crippen molar-refractivity contribution in [3.05, 3.63) is 57.9 Å². The van der Waals surface area contributed by atoms with Gasteiger partial charge in [0.1, 0.15) is 18.2 Å². The van der Waals surface area contributed by atoms with Gasteiger partial charge in [-0.3, -0.25) is 0 Å². The number of halogens is 2. The van der Waals surface area contributed by atoms with Crippen molar-refractivity contribution in [2.75, 3.05) is 5.73 Å². The third-order valence-corrected chi connectivity index (χ3v) is 3.32. The number of aryl methyl sites for hydroxylation is 2. The zero-order chi connectivity index (χ0) is 14.0. The van der Waals surface area contributed by atoms with E-state index in [0.717, 1.165) is 11.1 Å². The second-order valence-corrected chi connectivity index (χ2v) is 4.91. The van der Waals surface area contributed by atoms with Crippen LogP contribution in [0.2, 0.25) is 5.02 Å². The lowest BCUT2D eigenvalue weighted by molar-refractivity contribution is 0.303. The first-order valence-corrected chi connectivity index (χ1v) is 6.28. The number of anilines is 1. The maximum atomic E-state index is 13.1. The fourth-order valence-corrected chi connectivity index (χ4v) is 1.99. The Labute approximate surface area is 117 Å². The quantitative estimate of drug-likeness (QED) is 0.852. The molecule has 0 saturated carbocycles. The molecule has 2 aromatic carbocycles. The van der Waals surface area contributed by atoms with E-state index in [-0.39, 0.29) is 12.4 Å². The van der Waals surface area contributed by atoms with Crippen LogP contribution in [0.15, 0.2) is 30.3 Å². The zero-order valence-electron chi connectivity index (χ0n) is 10.8. The molecule has 2 rings (SSSR count). The first-order valence-electron chi connectivity index (χ1n) is 5.91. The highest BCUT2D eigenvalue weighted by Crippen LogP contribution is 2.26. The minimum atomic E-state index is -0.330. The Bertz CT molecular complexity index is 613. The van der Waals surface area contributed by atoms with Crippen molar-refractivity contribution in [2.24, 2.45) is 0 Å². The Kier molecular flexibility index (Phi) is 3.96. The largest absolute Gasteiger partial charge is 0.488 e. The van der Waals surface area contributed by atoms with Crippen LogP contribution in [-0.2, 0) is 6.61 Å². The molecule has 0 bridgehead atoms. The molecule has 0 heterocycles. The molecule has 2 N–H and O–H groups in total. The molecule has 0 aliphatic carbocycles. The lowest BCUT2D eigenvalue weighted by atomic mass is 10.1. The van der Waals surface area contributed by atoms with E-state index < -0.39 is 0 Å². The second-order valence-electron chi connectivity index (χ2n) is 4.50. The summed E-state index contributed by atoms with van der Waals surface area (Å²) in [7, 11) is 0. The summed E-state index contributed by atoms with van der Waals surface area (Å²) in [6.07, 6.45) is 0. The Morgan fingerprint density at radius 3 is 2.63 bits per heavy atom. The van der Waals surface area contributed by atoms with Crippen LogP contribution in [0.25, 0.3) is 0 Å². The van der Waals surface area contributed by atoms with Crippen LogP contribution in [-0.4, -0.2) is 0 Å². The van der Waals surface area contributed by atoms with E-state index in [1.165, 1.54) is 18.2 Å². The molecule has 4 heteroatoms. The van der Waals surface area contributed by atoms with Crippen LogP contribution in [0.1, 0.15) is 16.7 Å². The van der Waals surface area contributed by atoms with Gasteiger partial charge < -0.3 is 10.5 Å². The summed E-state index contributed by atoms with van der Waals surface area (Å²) in [4.78, 5) is 0. The smallest absolute Gasteiger partial charge is 0.124 e. The highest BCUT2D eigenvalue weighted by molar-refractivity contribution is 6.31. The summed E-state index contributed by atoms with van der Waals surface area (Å²) >= 11 is 5.99. The summed E-state index contributed by atoms with van der Waals surface area (Å²) in [5, 5.41) is 0.485. The molecule has 0 aliphatic rings. The maximum absolute atomic E-state index is 13.1. The standard InChI is InChI=1S/C15H15ClFNO/c1-9-5-10(2)15(7-14(9)18)19-8-11-6-12(17)3-4-13(11)16/h3-7H,8,18H2,1-2H3. The minimum absolute atomic E-state index is 0.208. The van der Waals surface area contributed by atoms with Crippen LogP contribution in [0, 0.1) is 19.7 Å². The molecular formula is C15H15ClFNO. The van der Waals surface area contributed by atoms with Gasteiger partial charge in [-0.1, -0.05) is 17.7 Å². The third-order valence-electron chi connectivity index (χ3n) is 2.95. The predicted molar refractivity (Wildman–Crippen MR) is 76.1 cm³/mol. The van der Waals surface area contributed by atoms with Crippen LogP contribution in [0.4, 0.5) is 10.1 Å². The van der Waals surface area contributed by atoms with Crippen molar-refractivity contribution in [1.29, 1.82) is 0 Å². The lowest BCUT2D eigenvalue weighted by Crippen LogP contribution is -2.00. The Morgan fingerprint density at radius 1 is 1.16 bits per heavy atom. The summed E-state index contributed by atoms with van der Waals surface area (Å²) in [5.41, 5.74) is 9.12.